The van der Waals surface area contributed by atoms with Gasteiger partial charge >= 0.3 is 0 Å². The Morgan fingerprint density at radius 3 is 2.70 bits per heavy atom. The summed E-state index contributed by atoms with van der Waals surface area (Å²) in [6.45, 7) is 1.26. The van der Waals surface area contributed by atoms with E-state index in [4.69, 9.17) is 0 Å². The maximum absolute atomic E-state index is 12.8. The molecule has 2 amide bonds. The van der Waals surface area contributed by atoms with Gasteiger partial charge in [-0.05, 0) is 49.2 Å². The number of H-pyrrole nitrogens is 1. The fraction of sp³-hybridized carbons (Fsp3) is 0.250. The number of imidazole rings is 1. The van der Waals surface area contributed by atoms with Gasteiger partial charge in [-0.3, -0.25) is 9.59 Å². The summed E-state index contributed by atoms with van der Waals surface area (Å²) >= 11 is 3.38. The maximum Gasteiger partial charge on any atom is 0.253 e. The van der Waals surface area contributed by atoms with Crippen molar-refractivity contribution < 1.29 is 9.59 Å². The molecule has 1 fully saturated rings. The van der Waals surface area contributed by atoms with Crippen LogP contribution in [0.4, 0.5) is 0 Å². The molecule has 7 heteroatoms. The van der Waals surface area contributed by atoms with E-state index in [1.54, 1.807) is 18.5 Å². The lowest BCUT2D eigenvalue weighted by Crippen LogP contribution is -2.46. The Labute approximate surface area is 165 Å². The molecular weight excluding hydrogens is 408 g/mol. The molecule has 0 unspecified atom stereocenters. The zero-order chi connectivity index (χ0) is 18.8. The molecule has 6 nitrogen and oxygen atoms in total. The quantitative estimate of drug-likeness (QED) is 0.673. The molecule has 4 rings (SSSR count). The number of fused-ring (bicyclic) bond motifs is 1. The second-order valence-electron chi connectivity index (χ2n) is 6.68. The van der Waals surface area contributed by atoms with Crippen molar-refractivity contribution in [2.75, 3.05) is 13.1 Å². The zero-order valence-corrected chi connectivity index (χ0v) is 16.2. The summed E-state index contributed by atoms with van der Waals surface area (Å²) in [5.41, 5.74) is 3.00. The number of benzene rings is 2. The van der Waals surface area contributed by atoms with Gasteiger partial charge in [0.2, 0.25) is 0 Å². The SMILES string of the molecule is O=C(NC1CCN(C(=O)c2ccc3nc[nH]c3c2)CC1)c1cccc(Br)c1. The van der Waals surface area contributed by atoms with Gasteiger partial charge in [0.15, 0.2) is 0 Å². The number of hydrogen-bond donors (Lipinski definition) is 2. The van der Waals surface area contributed by atoms with Crippen molar-refractivity contribution in [1.29, 1.82) is 0 Å². The summed E-state index contributed by atoms with van der Waals surface area (Å²) in [6.07, 6.45) is 3.12. The molecule has 1 saturated heterocycles. The summed E-state index contributed by atoms with van der Waals surface area (Å²) in [5.74, 6) is -0.0611. The van der Waals surface area contributed by atoms with Gasteiger partial charge in [-0.2, -0.15) is 0 Å². The number of nitrogens with zero attached hydrogens (tertiary/aromatic N) is 2. The molecule has 2 heterocycles. The van der Waals surface area contributed by atoms with Gasteiger partial charge in [-0.15, -0.1) is 0 Å². The molecule has 1 aliphatic heterocycles. The fourth-order valence-corrected chi connectivity index (χ4v) is 3.78. The molecule has 1 aliphatic rings. The predicted octanol–water partition coefficient (Wildman–Crippen LogP) is 3.36. The zero-order valence-electron chi connectivity index (χ0n) is 14.6. The highest BCUT2D eigenvalue weighted by Crippen LogP contribution is 2.18. The fourth-order valence-electron chi connectivity index (χ4n) is 3.38. The van der Waals surface area contributed by atoms with Gasteiger partial charge in [-0.25, -0.2) is 4.98 Å². The van der Waals surface area contributed by atoms with Gasteiger partial charge in [0, 0.05) is 34.7 Å². The van der Waals surface area contributed by atoms with Crippen LogP contribution < -0.4 is 5.32 Å². The second kappa shape index (κ2) is 7.52. The molecule has 0 bridgehead atoms. The van der Waals surface area contributed by atoms with Crippen LogP contribution in [0.25, 0.3) is 11.0 Å². The van der Waals surface area contributed by atoms with Crippen LogP contribution in [0.2, 0.25) is 0 Å². The summed E-state index contributed by atoms with van der Waals surface area (Å²) in [6, 6.07) is 12.9. The Morgan fingerprint density at radius 2 is 1.93 bits per heavy atom. The number of likely N-dealkylation sites (tertiary alicyclic amines) is 1. The first-order chi connectivity index (χ1) is 13.1. The lowest BCUT2D eigenvalue weighted by atomic mass is 10.0. The minimum Gasteiger partial charge on any atom is -0.349 e. The summed E-state index contributed by atoms with van der Waals surface area (Å²) < 4.78 is 0.879. The number of halogens is 1. The smallest absolute Gasteiger partial charge is 0.253 e. The van der Waals surface area contributed by atoms with E-state index in [-0.39, 0.29) is 17.9 Å². The minimum atomic E-state index is -0.0780. The van der Waals surface area contributed by atoms with Crippen LogP contribution in [0.3, 0.4) is 0 Å². The van der Waals surface area contributed by atoms with Crippen molar-refractivity contribution in [3.05, 3.63) is 64.4 Å². The van der Waals surface area contributed by atoms with Crippen LogP contribution in [-0.2, 0) is 0 Å². The first-order valence-corrected chi connectivity index (χ1v) is 9.68. The number of carbonyl (C=O) groups is 2. The van der Waals surface area contributed by atoms with E-state index in [1.807, 2.05) is 35.2 Å². The Hall–Kier alpha value is -2.67. The lowest BCUT2D eigenvalue weighted by molar-refractivity contribution is 0.0698. The number of piperidine rings is 1. The summed E-state index contributed by atoms with van der Waals surface area (Å²) in [7, 11) is 0. The van der Waals surface area contributed by atoms with E-state index in [0.717, 1.165) is 28.3 Å². The monoisotopic (exact) mass is 426 g/mol. The molecule has 27 heavy (non-hydrogen) atoms. The molecule has 3 aromatic rings. The van der Waals surface area contributed by atoms with Gasteiger partial charge in [-0.1, -0.05) is 22.0 Å². The minimum absolute atomic E-state index is 0.0169. The Kier molecular flexibility index (Phi) is 4.94. The average molecular weight is 427 g/mol. The van der Waals surface area contributed by atoms with Crippen molar-refractivity contribution >= 4 is 38.8 Å². The molecule has 0 saturated carbocycles. The first kappa shape index (κ1) is 17.7. The highest BCUT2D eigenvalue weighted by atomic mass is 79.9. The van der Waals surface area contributed by atoms with Crippen LogP contribution in [0.15, 0.2) is 53.3 Å². The van der Waals surface area contributed by atoms with Gasteiger partial charge in [0.1, 0.15) is 0 Å². The maximum atomic E-state index is 12.8. The topological polar surface area (TPSA) is 78.1 Å². The summed E-state index contributed by atoms with van der Waals surface area (Å²) in [5, 5.41) is 3.07. The van der Waals surface area contributed by atoms with Gasteiger partial charge in [0.25, 0.3) is 11.8 Å². The number of carbonyl (C=O) groups excluding carboxylic acids is 2. The number of amides is 2. The molecule has 0 aliphatic carbocycles. The predicted molar refractivity (Wildman–Crippen MR) is 107 cm³/mol. The summed E-state index contributed by atoms with van der Waals surface area (Å²) in [4.78, 5) is 34.2. The first-order valence-electron chi connectivity index (χ1n) is 8.89. The van der Waals surface area contributed by atoms with Gasteiger partial charge < -0.3 is 15.2 Å². The van der Waals surface area contributed by atoms with E-state index in [1.165, 1.54) is 0 Å². The van der Waals surface area contributed by atoms with E-state index < -0.39 is 0 Å². The molecule has 0 atom stereocenters. The number of nitrogens with one attached hydrogen (secondary N) is 2. The second-order valence-corrected chi connectivity index (χ2v) is 7.60. The number of hydrogen-bond acceptors (Lipinski definition) is 3. The number of rotatable bonds is 3. The van der Waals surface area contributed by atoms with Crippen molar-refractivity contribution in [3.8, 4) is 0 Å². The van der Waals surface area contributed by atoms with E-state index in [2.05, 4.69) is 31.2 Å². The van der Waals surface area contributed by atoms with Crippen molar-refractivity contribution in [3.63, 3.8) is 0 Å². The molecular formula is C20H19BrN4O2. The molecule has 0 spiro atoms. The van der Waals surface area contributed by atoms with E-state index in [0.29, 0.717) is 24.2 Å². The van der Waals surface area contributed by atoms with Crippen LogP contribution in [0.1, 0.15) is 33.6 Å². The molecule has 1 aromatic heterocycles. The number of aromatic amines is 1. The Bertz CT molecular complexity index is 992. The highest BCUT2D eigenvalue weighted by molar-refractivity contribution is 9.10. The van der Waals surface area contributed by atoms with Crippen LogP contribution >= 0.6 is 15.9 Å². The molecule has 2 aromatic carbocycles. The normalized spacial score (nSPS) is 15.1. The van der Waals surface area contributed by atoms with Crippen molar-refractivity contribution in [1.82, 2.24) is 20.2 Å². The third-order valence-electron chi connectivity index (χ3n) is 4.87. The van der Waals surface area contributed by atoms with Crippen LogP contribution in [0, 0.1) is 0 Å². The highest BCUT2D eigenvalue weighted by Gasteiger charge is 2.25. The van der Waals surface area contributed by atoms with Gasteiger partial charge in [0.05, 0.1) is 17.4 Å². The average Bonchev–Trinajstić information content (AvgIpc) is 3.16. The number of aromatic nitrogens is 2. The third-order valence-corrected chi connectivity index (χ3v) is 5.36. The molecule has 2 N–H and O–H groups in total. The Morgan fingerprint density at radius 1 is 1.11 bits per heavy atom. The van der Waals surface area contributed by atoms with Crippen LogP contribution in [-0.4, -0.2) is 45.8 Å². The van der Waals surface area contributed by atoms with Crippen molar-refractivity contribution in [2.45, 2.75) is 18.9 Å². The molecule has 0 radical (unpaired) electrons. The van der Waals surface area contributed by atoms with Crippen LogP contribution in [0.5, 0.6) is 0 Å². The van der Waals surface area contributed by atoms with Crippen molar-refractivity contribution in [2.24, 2.45) is 0 Å². The molecule has 138 valence electrons. The standard InChI is InChI=1S/C20H19BrN4O2/c21-15-3-1-2-13(10-15)19(26)24-16-6-8-25(9-7-16)20(27)14-4-5-17-18(11-14)23-12-22-17/h1-5,10-12,16H,6-9H2,(H,22,23)(H,24,26). The third kappa shape index (κ3) is 3.88. The lowest BCUT2D eigenvalue weighted by Gasteiger charge is -2.32. The Balaban J connectivity index is 1.35. The van der Waals surface area contributed by atoms with E-state index in [9.17, 15) is 9.59 Å². The van der Waals surface area contributed by atoms with E-state index >= 15 is 0 Å². The largest absolute Gasteiger partial charge is 0.349 e.